The summed E-state index contributed by atoms with van der Waals surface area (Å²) < 4.78 is 16.3. The summed E-state index contributed by atoms with van der Waals surface area (Å²) in [5.74, 6) is -1.38. The SMILES string of the molecule is COc1ccccc1C=C1Oc2cc(OCC(=O)NCC(=O)NCC(=O)O)ccc2C1=O. The van der Waals surface area contributed by atoms with Crippen molar-refractivity contribution in [2.75, 3.05) is 26.8 Å². The highest BCUT2D eigenvalue weighted by Gasteiger charge is 2.28. The van der Waals surface area contributed by atoms with Gasteiger partial charge in [0, 0.05) is 11.6 Å². The summed E-state index contributed by atoms with van der Waals surface area (Å²) in [6.45, 7) is -1.30. The van der Waals surface area contributed by atoms with Gasteiger partial charge in [0.2, 0.25) is 11.7 Å². The van der Waals surface area contributed by atoms with Gasteiger partial charge in [0.15, 0.2) is 12.4 Å². The van der Waals surface area contributed by atoms with Crippen LogP contribution < -0.4 is 24.8 Å². The van der Waals surface area contributed by atoms with E-state index in [1.165, 1.54) is 25.3 Å². The lowest BCUT2D eigenvalue weighted by Gasteiger charge is -2.08. The van der Waals surface area contributed by atoms with Gasteiger partial charge in [-0.25, -0.2) is 0 Å². The van der Waals surface area contributed by atoms with Crippen LogP contribution in [0.3, 0.4) is 0 Å². The van der Waals surface area contributed by atoms with Crippen molar-refractivity contribution in [3.05, 3.63) is 59.4 Å². The van der Waals surface area contributed by atoms with E-state index in [2.05, 4.69) is 10.6 Å². The van der Waals surface area contributed by atoms with Crippen molar-refractivity contribution in [1.82, 2.24) is 10.6 Å². The number of methoxy groups -OCH3 is 1. The second kappa shape index (κ2) is 10.1. The third kappa shape index (κ3) is 5.63. The number of carbonyl (C=O) groups excluding carboxylic acids is 3. The van der Waals surface area contributed by atoms with Crippen molar-refractivity contribution in [2.45, 2.75) is 0 Å². The Kier molecular flexibility index (Phi) is 7.06. The number of para-hydroxylation sites is 1. The monoisotopic (exact) mass is 440 g/mol. The maximum Gasteiger partial charge on any atom is 0.322 e. The third-order valence-electron chi connectivity index (χ3n) is 4.32. The van der Waals surface area contributed by atoms with Crippen LogP contribution in [0.1, 0.15) is 15.9 Å². The molecule has 0 aromatic heterocycles. The highest BCUT2D eigenvalue weighted by atomic mass is 16.5. The van der Waals surface area contributed by atoms with E-state index in [0.717, 1.165) is 0 Å². The number of hydrogen-bond acceptors (Lipinski definition) is 7. The number of carboxylic acids is 1. The highest BCUT2D eigenvalue weighted by Crippen LogP contribution is 2.35. The number of nitrogens with one attached hydrogen (secondary N) is 2. The summed E-state index contributed by atoms with van der Waals surface area (Å²) in [6, 6.07) is 11.7. The number of carbonyl (C=O) groups is 4. The third-order valence-corrected chi connectivity index (χ3v) is 4.32. The van der Waals surface area contributed by atoms with Crippen molar-refractivity contribution in [3.8, 4) is 17.2 Å². The maximum atomic E-state index is 12.6. The average molecular weight is 440 g/mol. The van der Waals surface area contributed by atoms with E-state index in [9.17, 15) is 19.2 Å². The first kappa shape index (κ1) is 22.3. The van der Waals surface area contributed by atoms with Crippen LogP contribution in [0.4, 0.5) is 0 Å². The van der Waals surface area contributed by atoms with Gasteiger partial charge in [0.05, 0.1) is 19.2 Å². The van der Waals surface area contributed by atoms with Gasteiger partial charge in [-0.05, 0) is 24.3 Å². The number of carboxylic acid groups (broad SMARTS) is 1. The molecular weight excluding hydrogens is 420 g/mol. The van der Waals surface area contributed by atoms with Gasteiger partial charge >= 0.3 is 5.97 Å². The molecule has 2 amide bonds. The second-order valence-electron chi connectivity index (χ2n) is 6.58. The van der Waals surface area contributed by atoms with Crippen molar-refractivity contribution in [3.63, 3.8) is 0 Å². The van der Waals surface area contributed by atoms with Crippen LogP contribution in [-0.2, 0) is 14.4 Å². The molecule has 0 radical (unpaired) electrons. The number of Topliss-reactive ketones (excluding diaryl/α,β-unsaturated/α-hetero) is 1. The van der Waals surface area contributed by atoms with Crippen LogP contribution in [0.15, 0.2) is 48.2 Å². The van der Waals surface area contributed by atoms with Gasteiger partial charge in [-0.3, -0.25) is 19.2 Å². The molecule has 1 heterocycles. The molecule has 2 aromatic rings. The lowest BCUT2D eigenvalue weighted by Crippen LogP contribution is -2.40. The number of ether oxygens (including phenoxy) is 3. The highest BCUT2D eigenvalue weighted by molar-refractivity contribution is 6.14. The number of hydrogen-bond donors (Lipinski definition) is 3. The molecule has 166 valence electrons. The molecule has 3 rings (SSSR count). The first-order chi connectivity index (χ1) is 15.4. The number of ketones is 1. The van der Waals surface area contributed by atoms with Crippen molar-refractivity contribution >= 4 is 29.6 Å². The molecule has 0 bridgehead atoms. The Morgan fingerprint density at radius 2 is 1.81 bits per heavy atom. The zero-order chi connectivity index (χ0) is 23.1. The van der Waals surface area contributed by atoms with Crippen LogP contribution in [0, 0.1) is 0 Å². The zero-order valence-corrected chi connectivity index (χ0v) is 17.0. The largest absolute Gasteiger partial charge is 0.496 e. The minimum atomic E-state index is -1.19. The molecule has 10 heteroatoms. The van der Waals surface area contributed by atoms with Gasteiger partial charge in [-0.1, -0.05) is 18.2 Å². The predicted octanol–water partition coefficient (Wildman–Crippen LogP) is 1.01. The normalized spacial score (nSPS) is 13.2. The molecule has 0 fully saturated rings. The number of aliphatic carboxylic acids is 1. The lowest BCUT2D eigenvalue weighted by atomic mass is 10.1. The van der Waals surface area contributed by atoms with Crippen molar-refractivity contribution < 1.29 is 38.5 Å². The molecule has 0 atom stereocenters. The Labute approximate surface area is 182 Å². The fraction of sp³-hybridized carbons (Fsp3) is 0.182. The number of allylic oxidation sites excluding steroid dienone is 1. The summed E-state index contributed by atoms with van der Waals surface area (Å²) in [5, 5.41) is 12.9. The zero-order valence-electron chi connectivity index (χ0n) is 17.0. The first-order valence-electron chi connectivity index (χ1n) is 9.46. The molecule has 32 heavy (non-hydrogen) atoms. The van der Waals surface area contributed by atoms with Crippen LogP contribution in [0.5, 0.6) is 17.2 Å². The molecule has 0 aliphatic carbocycles. The quantitative estimate of drug-likeness (QED) is 0.491. The van der Waals surface area contributed by atoms with Crippen LogP contribution in [0.2, 0.25) is 0 Å². The number of fused-ring (bicyclic) bond motifs is 1. The Hall–Kier alpha value is -4.34. The van der Waals surface area contributed by atoms with E-state index in [-0.39, 0.29) is 24.7 Å². The Bertz CT molecular complexity index is 1090. The number of benzene rings is 2. The molecular formula is C22H20N2O8. The summed E-state index contributed by atoms with van der Waals surface area (Å²) in [5.41, 5.74) is 1.05. The number of amides is 2. The maximum absolute atomic E-state index is 12.6. The summed E-state index contributed by atoms with van der Waals surface area (Å²) in [4.78, 5) is 46.2. The van der Waals surface area contributed by atoms with Crippen molar-refractivity contribution in [2.24, 2.45) is 0 Å². The van der Waals surface area contributed by atoms with Gasteiger partial charge in [-0.15, -0.1) is 0 Å². The Morgan fingerprint density at radius 1 is 1.06 bits per heavy atom. The van der Waals surface area contributed by atoms with Gasteiger partial charge < -0.3 is 30.0 Å². The summed E-state index contributed by atoms with van der Waals surface area (Å²) in [6.07, 6.45) is 1.59. The summed E-state index contributed by atoms with van der Waals surface area (Å²) >= 11 is 0. The molecule has 1 aliphatic rings. The van der Waals surface area contributed by atoms with E-state index < -0.39 is 24.3 Å². The van der Waals surface area contributed by atoms with Gasteiger partial charge in [0.1, 0.15) is 23.8 Å². The molecule has 3 N–H and O–H groups in total. The summed E-state index contributed by atoms with van der Waals surface area (Å²) in [7, 11) is 1.53. The van der Waals surface area contributed by atoms with E-state index >= 15 is 0 Å². The van der Waals surface area contributed by atoms with Gasteiger partial charge in [0.25, 0.3) is 5.91 Å². The molecule has 1 aliphatic heterocycles. The molecule has 0 unspecified atom stereocenters. The van der Waals surface area contributed by atoms with Crippen molar-refractivity contribution in [1.29, 1.82) is 0 Å². The smallest absolute Gasteiger partial charge is 0.322 e. The molecule has 0 saturated carbocycles. The lowest BCUT2D eigenvalue weighted by molar-refractivity contribution is -0.137. The van der Waals surface area contributed by atoms with E-state index in [1.54, 1.807) is 18.2 Å². The number of rotatable bonds is 9. The molecule has 2 aromatic carbocycles. The molecule has 0 spiro atoms. The predicted molar refractivity (Wildman–Crippen MR) is 112 cm³/mol. The fourth-order valence-corrected chi connectivity index (χ4v) is 2.80. The molecule has 10 nitrogen and oxygen atoms in total. The second-order valence-corrected chi connectivity index (χ2v) is 6.58. The van der Waals surface area contributed by atoms with E-state index in [1.807, 2.05) is 12.1 Å². The van der Waals surface area contributed by atoms with Crippen LogP contribution in [-0.4, -0.2) is 55.5 Å². The average Bonchev–Trinajstić information content (AvgIpc) is 3.09. The molecule has 0 saturated heterocycles. The topological polar surface area (TPSA) is 140 Å². The first-order valence-corrected chi connectivity index (χ1v) is 9.46. The standard InChI is InChI=1S/C22H20N2O8/c1-30-16-5-3-2-4-13(16)8-18-22(29)15-7-6-14(9-17(15)32-18)31-12-20(26)23-10-19(25)24-11-21(27)28/h2-9H,10-12H2,1H3,(H,23,26)(H,24,25)(H,27,28). The van der Waals surface area contributed by atoms with E-state index in [4.69, 9.17) is 19.3 Å². The minimum absolute atomic E-state index is 0.131. The van der Waals surface area contributed by atoms with Crippen LogP contribution >= 0.6 is 0 Å². The Balaban J connectivity index is 1.57. The van der Waals surface area contributed by atoms with Gasteiger partial charge in [-0.2, -0.15) is 0 Å². The van der Waals surface area contributed by atoms with Crippen LogP contribution in [0.25, 0.3) is 6.08 Å². The van der Waals surface area contributed by atoms with E-state index in [0.29, 0.717) is 28.4 Å². The minimum Gasteiger partial charge on any atom is -0.496 e. The Morgan fingerprint density at radius 3 is 2.56 bits per heavy atom. The fourth-order valence-electron chi connectivity index (χ4n) is 2.80.